The Morgan fingerprint density at radius 2 is 2.37 bits per heavy atom. The van der Waals surface area contributed by atoms with Crippen molar-refractivity contribution in [2.45, 2.75) is 31.4 Å². The molecule has 1 aromatic rings. The van der Waals surface area contributed by atoms with Gasteiger partial charge in [-0.15, -0.1) is 0 Å². The fraction of sp³-hybridized carbons (Fsp3) is 0.600. The quantitative estimate of drug-likeness (QED) is 0.871. The molecule has 1 fully saturated rings. The van der Waals surface area contributed by atoms with Crippen LogP contribution >= 0.6 is 11.6 Å². The Morgan fingerprint density at radius 3 is 3.05 bits per heavy atom. The van der Waals surface area contributed by atoms with Crippen molar-refractivity contribution in [1.82, 2.24) is 10.2 Å². The van der Waals surface area contributed by atoms with Gasteiger partial charge in [0.15, 0.2) is 0 Å². The van der Waals surface area contributed by atoms with Crippen molar-refractivity contribution in [3.63, 3.8) is 0 Å². The van der Waals surface area contributed by atoms with Crippen LogP contribution in [0.15, 0.2) is 24.3 Å². The third-order valence-electron chi connectivity index (χ3n) is 3.81. The fourth-order valence-electron chi connectivity index (χ4n) is 2.75. The predicted octanol–water partition coefficient (Wildman–Crippen LogP) is 2.45. The summed E-state index contributed by atoms with van der Waals surface area (Å²) in [5.41, 5.74) is 1.23. The molecule has 1 aliphatic rings. The van der Waals surface area contributed by atoms with Gasteiger partial charge in [-0.05, 0) is 50.6 Å². The molecule has 106 valence electrons. The van der Waals surface area contributed by atoms with Gasteiger partial charge in [0.1, 0.15) is 0 Å². The number of aliphatic hydroxyl groups is 1. The van der Waals surface area contributed by atoms with Crippen LogP contribution in [0.25, 0.3) is 0 Å². The Balaban J connectivity index is 1.89. The molecule has 2 atom stereocenters. The number of aliphatic hydroxyl groups excluding tert-OH is 1. The highest BCUT2D eigenvalue weighted by atomic mass is 35.5. The van der Waals surface area contributed by atoms with E-state index < -0.39 is 0 Å². The lowest BCUT2D eigenvalue weighted by molar-refractivity contribution is 0.0687. The summed E-state index contributed by atoms with van der Waals surface area (Å²) in [5, 5.41) is 13.8. The van der Waals surface area contributed by atoms with Crippen LogP contribution in [0.2, 0.25) is 5.02 Å². The zero-order valence-electron chi connectivity index (χ0n) is 11.5. The van der Waals surface area contributed by atoms with Crippen molar-refractivity contribution in [3.05, 3.63) is 34.9 Å². The summed E-state index contributed by atoms with van der Waals surface area (Å²) in [6.45, 7) is 2.92. The zero-order valence-corrected chi connectivity index (χ0v) is 12.2. The molecule has 3 nitrogen and oxygen atoms in total. The lowest BCUT2D eigenvalue weighted by Crippen LogP contribution is -2.39. The molecule has 2 unspecified atom stereocenters. The second-order valence-corrected chi connectivity index (χ2v) is 5.72. The van der Waals surface area contributed by atoms with Gasteiger partial charge in [0.2, 0.25) is 0 Å². The molecule has 1 aliphatic heterocycles. The molecular formula is C15H23ClN2O. The number of hydrogen-bond acceptors (Lipinski definition) is 3. The average molecular weight is 283 g/mol. The summed E-state index contributed by atoms with van der Waals surface area (Å²) in [6.07, 6.45) is 2.93. The number of nitrogens with zero attached hydrogens (tertiary/aromatic N) is 1. The maximum absolute atomic E-state index is 9.68. The van der Waals surface area contributed by atoms with E-state index in [1.54, 1.807) is 0 Å². The van der Waals surface area contributed by atoms with Crippen LogP contribution in [0.1, 0.15) is 30.9 Å². The number of benzene rings is 1. The lowest BCUT2D eigenvalue weighted by atomic mass is 10.0. The van der Waals surface area contributed by atoms with Crippen LogP contribution in [0.4, 0.5) is 0 Å². The van der Waals surface area contributed by atoms with Gasteiger partial charge in [-0.25, -0.2) is 0 Å². The maximum Gasteiger partial charge on any atom is 0.0667 e. The molecule has 0 bridgehead atoms. The summed E-state index contributed by atoms with van der Waals surface area (Å²) in [4.78, 5) is 2.35. The summed E-state index contributed by atoms with van der Waals surface area (Å²) in [7, 11) is 1.98. The van der Waals surface area contributed by atoms with Crippen molar-refractivity contribution in [3.8, 4) is 0 Å². The van der Waals surface area contributed by atoms with Crippen molar-refractivity contribution in [1.29, 1.82) is 0 Å². The normalized spacial score (nSPS) is 22.4. The Labute approximate surface area is 120 Å². The number of rotatable bonds is 5. The zero-order chi connectivity index (χ0) is 13.7. The Hall–Kier alpha value is -0.610. The number of likely N-dealkylation sites (tertiary alicyclic amines) is 1. The van der Waals surface area contributed by atoms with Crippen molar-refractivity contribution < 1.29 is 5.11 Å². The van der Waals surface area contributed by atoms with Gasteiger partial charge < -0.3 is 15.3 Å². The molecule has 4 heteroatoms. The smallest absolute Gasteiger partial charge is 0.0667 e. The molecule has 0 amide bonds. The molecule has 1 saturated heterocycles. The summed E-state index contributed by atoms with van der Waals surface area (Å²) in [6, 6.07) is 8.34. The van der Waals surface area contributed by atoms with E-state index in [1.807, 2.05) is 25.2 Å². The minimum absolute atomic E-state index is 0.145. The van der Waals surface area contributed by atoms with Gasteiger partial charge in [0.05, 0.1) is 6.10 Å². The number of β-amino-alcohol motifs (C(OH)–C–C–N with tert-alkyl or cyclic N) is 1. The van der Waals surface area contributed by atoms with Crippen molar-refractivity contribution >= 4 is 11.6 Å². The minimum atomic E-state index is -0.145. The van der Waals surface area contributed by atoms with Gasteiger partial charge in [-0.3, -0.25) is 0 Å². The van der Waals surface area contributed by atoms with Crippen molar-refractivity contribution in [2.75, 3.05) is 26.7 Å². The van der Waals surface area contributed by atoms with Crippen molar-refractivity contribution in [2.24, 2.45) is 0 Å². The molecule has 0 saturated carbocycles. The van der Waals surface area contributed by atoms with E-state index in [9.17, 15) is 5.11 Å². The van der Waals surface area contributed by atoms with E-state index in [-0.39, 0.29) is 6.10 Å². The van der Waals surface area contributed by atoms with E-state index in [0.717, 1.165) is 43.9 Å². The van der Waals surface area contributed by atoms with Gasteiger partial charge in [-0.2, -0.15) is 0 Å². The molecule has 0 aliphatic carbocycles. The molecule has 2 rings (SSSR count). The van der Waals surface area contributed by atoms with Crippen LogP contribution in [0.5, 0.6) is 0 Å². The SMILES string of the molecule is CNC(CCN1CCCC(O)C1)c1cccc(Cl)c1. The first-order valence-corrected chi connectivity index (χ1v) is 7.40. The lowest BCUT2D eigenvalue weighted by Gasteiger charge is -2.31. The fourth-order valence-corrected chi connectivity index (χ4v) is 2.95. The highest BCUT2D eigenvalue weighted by Crippen LogP contribution is 2.21. The van der Waals surface area contributed by atoms with Gasteiger partial charge in [0.25, 0.3) is 0 Å². The van der Waals surface area contributed by atoms with Crippen LogP contribution in [0.3, 0.4) is 0 Å². The topological polar surface area (TPSA) is 35.5 Å². The van der Waals surface area contributed by atoms with E-state index in [0.29, 0.717) is 6.04 Å². The third-order valence-corrected chi connectivity index (χ3v) is 4.05. The monoisotopic (exact) mass is 282 g/mol. The predicted molar refractivity (Wildman–Crippen MR) is 79.6 cm³/mol. The number of piperidine rings is 1. The molecule has 1 heterocycles. The van der Waals surface area contributed by atoms with E-state index in [2.05, 4.69) is 16.3 Å². The highest BCUT2D eigenvalue weighted by molar-refractivity contribution is 6.30. The molecule has 0 radical (unpaired) electrons. The standard InChI is InChI=1S/C15H23ClN2O/c1-17-15(12-4-2-5-13(16)10-12)7-9-18-8-3-6-14(19)11-18/h2,4-5,10,14-15,17,19H,3,6-9,11H2,1H3. The molecule has 1 aromatic carbocycles. The largest absolute Gasteiger partial charge is 0.392 e. The second kappa shape index (κ2) is 7.25. The second-order valence-electron chi connectivity index (χ2n) is 5.28. The summed E-state index contributed by atoms with van der Waals surface area (Å²) in [5.74, 6) is 0. The Bertz CT molecular complexity index is 399. The first-order chi connectivity index (χ1) is 9.19. The summed E-state index contributed by atoms with van der Waals surface area (Å²) < 4.78 is 0. The number of nitrogens with one attached hydrogen (secondary N) is 1. The Kier molecular flexibility index (Phi) is 5.64. The van der Waals surface area contributed by atoms with Crippen LogP contribution in [-0.2, 0) is 0 Å². The summed E-state index contributed by atoms with van der Waals surface area (Å²) >= 11 is 6.04. The molecular weight excluding hydrogens is 260 g/mol. The van der Waals surface area contributed by atoms with Crippen LogP contribution in [0, 0.1) is 0 Å². The van der Waals surface area contributed by atoms with Gasteiger partial charge in [0, 0.05) is 24.2 Å². The minimum Gasteiger partial charge on any atom is -0.392 e. The van der Waals surface area contributed by atoms with E-state index in [4.69, 9.17) is 11.6 Å². The first kappa shape index (κ1) is 14.8. The number of halogens is 1. The number of hydrogen-bond donors (Lipinski definition) is 2. The first-order valence-electron chi connectivity index (χ1n) is 7.02. The van der Waals surface area contributed by atoms with E-state index in [1.165, 1.54) is 5.56 Å². The molecule has 19 heavy (non-hydrogen) atoms. The third kappa shape index (κ3) is 4.46. The highest BCUT2D eigenvalue weighted by Gasteiger charge is 2.18. The Morgan fingerprint density at radius 1 is 1.53 bits per heavy atom. The molecule has 2 N–H and O–H groups in total. The molecule has 0 aromatic heterocycles. The average Bonchev–Trinajstić information content (AvgIpc) is 2.40. The van der Waals surface area contributed by atoms with Gasteiger partial charge in [-0.1, -0.05) is 23.7 Å². The van der Waals surface area contributed by atoms with Gasteiger partial charge >= 0.3 is 0 Å². The van der Waals surface area contributed by atoms with Crippen LogP contribution < -0.4 is 5.32 Å². The van der Waals surface area contributed by atoms with E-state index >= 15 is 0 Å². The van der Waals surface area contributed by atoms with Crippen LogP contribution in [-0.4, -0.2) is 42.8 Å². The maximum atomic E-state index is 9.68. The molecule has 0 spiro atoms.